The van der Waals surface area contributed by atoms with Crippen molar-refractivity contribution in [2.45, 2.75) is 31.6 Å². The predicted molar refractivity (Wildman–Crippen MR) is 165 cm³/mol. The van der Waals surface area contributed by atoms with Gasteiger partial charge in [-0.05, 0) is 37.0 Å². The van der Waals surface area contributed by atoms with Crippen LogP contribution < -0.4 is 5.32 Å². The van der Waals surface area contributed by atoms with E-state index in [1.807, 2.05) is 30.3 Å². The second-order valence-corrected chi connectivity index (χ2v) is 11.2. The zero-order valence-corrected chi connectivity index (χ0v) is 25.9. The van der Waals surface area contributed by atoms with E-state index in [1.165, 1.54) is 14.2 Å². The normalized spacial score (nSPS) is 17.5. The maximum Gasteiger partial charge on any atom is 0.336 e. The third-order valence-electron chi connectivity index (χ3n) is 7.82. The van der Waals surface area contributed by atoms with Gasteiger partial charge in [0.05, 0.1) is 37.7 Å². The summed E-state index contributed by atoms with van der Waals surface area (Å²) in [6.45, 7) is 3.32. The van der Waals surface area contributed by atoms with Gasteiger partial charge in [-0.1, -0.05) is 59.6 Å². The Labute approximate surface area is 262 Å². The lowest BCUT2D eigenvalue weighted by Gasteiger charge is -2.36. The van der Waals surface area contributed by atoms with Crippen LogP contribution in [0.25, 0.3) is 0 Å². The number of ether oxygens (including phenoxy) is 2. The first-order valence-corrected chi connectivity index (χ1v) is 15.0. The van der Waals surface area contributed by atoms with Gasteiger partial charge in [-0.25, -0.2) is 9.59 Å². The number of hydrogen-bond acceptors (Lipinski definition) is 8. The Balaban J connectivity index is 1.77. The first kappa shape index (κ1) is 32.5. The summed E-state index contributed by atoms with van der Waals surface area (Å²) >= 11 is 13.4. The van der Waals surface area contributed by atoms with Gasteiger partial charge in [0.2, 0.25) is 5.91 Å². The van der Waals surface area contributed by atoms with E-state index in [0.29, 0.717) is 62.4 Å². The van der Waals surface area contributed by atoms with Gasteiger partial charge in [-0.2, -0.15) is 0 Å². The van der Waals surface area contributed by atoms with Crippen LogP contribution in [-0.2, 0) is 30.3 Å². The lowest BCUT2D eigenvalue weighted by Crippen LogP contribution is -2.49. The van der Waals surface area contributed by atoms with E-state index in [0.717, 1.165) is 12.1 Å². The second kappa shape index (κ2) is 15.4. The molecule has 9 nitrogen and oxygen atoms in total. The number of halogens is 2. The molecule has 2 aromatic rings. The molecular formula is C32H37Cl2N3O6. The number of aryl methyl sites for hydroxylation is 1. The van der Waals surface area contributed by atoms with E-state index >= 15 is 0 Å². The minimum Gasteiger partial charge on any atom is -0.466 e. The summed E-state index contributed by atoms with van der Waals surface area (Å²) in [5.41, 5.74) is 2.51. The van der Waals surface area contributed by atoms with Gasteiger partial charge in [-0.15, -0.1) is 0 Å². The van der Waals surface area contributed by atoms with E-state index in [-0.39, 0.29) is 40.1 Å². The molecule has 0 spiro atoms. The number of carbonyl (C=O) groups excluding carboxylic acids is 3. The molecule has 2 aliphatic rings. The minimum atomic E-state index is -1.04. The van der Waals surface area contributed by atoms with Crippen LogP contribution in [0.1, 0.15) is 36.3 Å². The Bertz CT molecular complexity index is 1370. The molecule has 0 bridgehead atoms. The average molecular weight is 631 g/mol. The van der Waals surface area contributed by atoms with Gasteiger partial charge < -0.3 is 24.8 Å². The molecular weight excluding hydrogens is 593 g/mol. The molecule has 1 saturated heterocycles. The molecule has 1 unspecified atom stereocenters. The Morgan fingerprint density at radius 2 is 1.47 bits per heavy atom. The van der Waals surface area contributed by atoms with Crippen LogP contribution in [0.5, 0.6) is 0 Å². The topological polar surface area (TPSA) is 108 Å². The minimum absolute atomic E-state index is 0.0799. The van der Waals surface area contributed by atoms with Crippen LogP contribution in [0.4, 0.5) is 0 Å². The maximum absolute atomic E-state index is 13.7. The summed E-state index contributed by atoms with van der Waals surface area (Å²) in [7, 11) is 2.52. The van der Waals surface area contributed by atoms with Crippen LogP contribution in [-0.4, -0.2) is 86.3 Å². The molecule has 1 amide bonds. The number of dihydropyridines is 1. The van der Waals surface area contributed by atoms with Crippen molar-refractivity contribution in [3.63, 3.8) is 0 Å². The van der Waals surface area contributed by atoms with Crippen molar-refractivity contribution in [1.29, 1.82) is 0 Å². The number of methoxy groups -OCH3 is 2. The van der Waals surface area contributed by atoms with Crippen LogP contribution in [0.15, 0.2) is 71.1 Å². The predicted octanol–water partition coefficient (Wildman–Crippen LogP) is 4.08. The molecule has 0 radical (unpaired) electrons. The quantitative estimate of drug-likeness (QED) is 0.358. The number of allylic oxidation sites excluding steroid dienone is 1. The van der Waals surface area contributed by atoms with Crippen LogP contribution in [0.2, 0.25) is 10.0 Å². The Kier molecular flexibility index (Phi) is 11.6. The molecule has 2 aromatic carbocycles. The summed E-state index contributed by atoms with van der Waals surface area (Å²) in [6, 6.07) is 14.7. The molecule has 0 saturated carbocycles. The summed E-state index contributed by atoms with van der Waals surface area (Å²) in [4.78, 5) is 44.6. The highest BCUT2D eigenvalue weighted by molar-refractivity contribution is 6.36. The first-order chi connectivity index (χ1) is 20.8. The van der Waals surface area contributed by atoms with E-state index < -0.39 is 17.9 Å². The van der Waals surface area contributed by atoms with Crippen LogP contribution in [0.3, 0.4) is 0 Å². The molecule has 0 aromatic heterocycles. The smallest absolute Gasteiger partial charge is 0.336 e. The zero-order valence-electron chi connectivity index (χ0n) is 24.4. The van der Waals surface area contributed by atoms with Crippen molar-refractivity contribution in [2.24, 2.45) is 0 Å². The molecule has 2 aliphatic heterocycles. The SMILES string of the molecule is COC(=O)C1=C(CCc2ccccc2)NC(CC(=O)N2CCN(CCCO)CC2)=C(C(=O)OC)C1c1c(Cl)cccc1Cl. The monoisotopic (exact) mass is 629 g/mol. The van der Waals surface area contributed by atoms with E-state index in [2.05, 4.69) is 10.2 Å². The van der Waals surface area contributed by atoms with Crippen molar-refractivity contribution in [3.05, 3.63) is 92.2 Å². The number of aliphatic hydroxyl groups excluding tert-OH is 1. The fourth-order valence-corrected chi connectivity index (χ4v) is 6.23. The van der Waals surface area contributed by atoms with Gasteiger partial charge in [0.25, 0.3) is 0 Å². The van der Waals surface area contributed by atoms with Gasteiger partial charge in [0.1, 0.15) is 0 Å². The third-order valence-corrected chi connectivity index (χ3v) is 8.48. The highest BCUT2D eigenvalue weighted by Crippen LogP contribution is 2.46. The van der Waals surface area contributed by atoms with Crippen LogP contribution in [0, 0.1) is 0 Å². The summed E-state index contributed by atoms with van der Waals surface area (Å²) in [5, 5.41) is 13.0. The molecule has 1 atom stereocenters. The lowest BCUT2D eigenvalue weighted by atomic mass is 9.78. The lowest BCUT2D eigenvalue weighted by molar-refractivity contribution is -0.137. The largest absolute Gasteiger partial charge is 0.466 e. The van der Waals surface area contributed by atoms with Gasteiger partial charge >= 0.3 is 11.9 Å². The number of carbonyl (C=O) groups is 3. The number of nitrogens with zero attached hydrogens (tertiary/aromatic N) is 2. The highest BCUT2D eigenvalue weighted by Gasteiger charge is 2.42. The maximum atomic E-state index is 13.7. The van der Waals surface area contributed by atoms with Gasteiger partial charge in [0, 0.05) is 66.3 Å². The van der Waals surface area contributed by atoms with E-state index in [9.17, 15) is 14.4 Å². The van der Waals surface area contributed by atoms with Crippen LogP contribution >= 0.6 is 23.2 Å². The molecule has 1 fully saturated rings. The number of nitrogens with one attached hydrogen (secondary N) is 1. The van der Waals surface area contributed by atoms with Crippen molar-refractivity contribution in [3.8, 4) is 0 Å². The molecule has 2 heterocycles. The number of amides is 1. The van der Waals surface area contributed by atoms with Crippen molar-refractivity contribution in [2.75, 3.05) is 53.6 Å². The first-order valence-electron chi connectivity index (χ1n) is 14.3. The Morgan fingerprint density at radius 1 is 0.860 bits per heavy atom. The third kappa shape index (κ3) is 7.78. The number of aliphatic hydroxyl groups is 1. The van der Waals surface area contributed by atoms with E-state index in [1.54, 1.807) is 23.1 Å². The summed E-state index contributed by atoms with van der Waals surface area (Å²) in [5.74, 6) is -2.57. The van der Waals surface area contributed by atoms with E-state index in [4.69, 9.17) is 37.8 Å². The molecule has 43 heavy (non-hydrogen) atoms. The summed E-state index contributed by atoms with van der Waals surface area (Å²) in [6.07, 6.45) is 1.53. The standard InChI is InChI=1S/C32H37Cl2N3O6/c1-42-31(40)28-24(13-12-21-8-4-3-5-9-21)35-25(20-26(39)37-17-15-36(16-18-37)14-7-19-38)29(32(41)43-2)30(28)27-22(33)10-6-11-23(27)34/h3-6,8-11,30,35,38H,7,12-20H2,1-2H3. The Morgan fingerprint density at radius 3 is 2.05 bits per heavy atom. The van der Waals surface area contributed by atoms with Gasteiger partial charge in [-0.3, -0.25) is 9.69 Å². The number of benzene rings is 2. The number of esters is 2. The van der Waals surface area contributed by atoms with Gasteiger partial charge in [0.15, 0.2) is 0 Å². The molecule has 2 N–H and O–H groups in total. The fourth-order valence-electron chi connectivity index (χ4n) is 5.62. The molecule has 11 heteroatoms. The van der Waals surface area contributed by atoms with Crippen molar-refractivity contribution in [1.82, 2.24) is 15.1 Å². The fraction of sp³-hybridized carbons (Fsp3) is 0.406. The summed E-state index contributed by atoms with van der Waals surface area (Å²) < 4.78 is 10.4. The van der Waals surface area contributed by atoms with Crippen molar-refractivity contribution < 1.29 is 29.0 Å². The highest BCUT2D eigenvalue weighted by atomic mass is 35.5. The second-order valence-electron chi connectivity index (χ2n) is 10.4. The number of rotatable bonds is 11. The molecule has 230 valence electrons. The zero-order chi connectivity index (χ0) is 30.9. The number of piperazine rings is 1. The average Bonchev–Trinajstić information content (AvgIpc) is 3.02. The number of hydrogen-bond donors (Lipinski definition) is 2. The molecule has 4 rings (SSSR count). The molecule has 0 aliphatic carbocycles. The Hall–Kier alpha value is -3.37. The van der Waals surface area contributed by atoms with Crippen molar-refractivity contribution >= 4 is 41.0 Å².